The number of likely N-dealkylation sites (N-methyl/N-ethyl adjacent to an activating group) is 1. The van der Waals surface area contributed by atoms with Crippen molar-refractivity contribution in [1.29, 1.82) is 0 Å². The van der Waals surface area contributed by atoms with Crippen LogP contribution in [-0.4, -0.2) is 49.4 Å². The first kappa shape index (κ1) is 17.2. The van der Waals surface area contributed by atoms with Gasteiger partial charge in [-0.1, -0.05) is 36.2 Å². The molecule has 0 amide bonds. The molecular formula is C17H27NOS. The van der Waals surface area contributed by atoms with Crippen molar-refractivity contribution in [3.8, 4) is 0 Å². The first-order valence-electron chi connectivity index (χ1n) is 6.86. The molecule has 1 aliphatic carbocycles. The topological polar surface area (TPSA) is 23.5 Å². The Hall–Kier alpha value is -0.900. The van der Waals surface area contributed by atoms with Gasteiger partial charge in [0.15, 0.2) is 0 Å². The molecule has 112 valence electrons. The van der Waals surface area contributed by atoms with Crippen LogP contribution >= 0.6 is 10.5 Å². The van der Waals surface area contributed by atoms with Crippen molar-refractivity contribution in [3.05, 3.63) is 46.9 Å². The van der Waals surface area contributed by atoms with Crippen LogP contribution in [0.3, 0.4) is 0 Å². The van der Waals surface area contributed by atoms with Crippen molar-refractivity contribution in [3.63, 3.8) is 0 Å². The third kappa shape index (κ3) is 4.30. The second-order valence-corrected chi connectivity index (χ2v) is 7.32. The van der Waals surface area contributed by atoms with Crippen LogP contribution in [0.2, 0.25) is 0 Å². The van der Waals surface area contributed by atoms with E-state index in [2.05, 4.69) is 60.8 Å². The van der Waals surface area contributed by atoms with Crippen LogP contribution in [0.25, 0.3) is 0 Å². The van der Waals surface area contributed by atoms with Gasteiger partial charge in [-0.2, -0.15) is 10.5 Å². The minimum atomic E-state index is 0.0000926. The Kier molecular flexibility index (Phi) is 6.66. The minimum absolute atomic E-state index is 0.0000926. The number of benzene rings is 1. The van der Waals surface area contributed by atoms with E-state index in [1.807, 2.05) is 13.0 Å². The normalized spacial score (nSPS) is 21.9. The van der Waals surface area contributed by atoms with Gasteiger partial charge in [0.2, 0.25) is 0 Å². The van der Waals surface area contributed by atoms with Gasteiger partial charge in [-0.15, -0.1) is 0 Å². The molecule has 0 heterocycles. The minimum Gasteiger partial charge on any atom is -0.395 e. The lowest BCUT2D eigenvalue weighted by molar-refractivity contribution is 0.138. The number of allylic oxidation sites excluding steroid dienone is 1. The number of fused-ring (bicyclic) bond motifs is 1. The maximum atomic E-state index is 9.51. The molecule has 1 aromatic carbocycles. The van der Waals surface area contributed by atoms with Crippen molar-refractivity contribution in [2.75, 3.05) is 33.5 Å². The van der Waals surface area contributed by atoms with Gasteiger partial charge < -0.3 is 10.0 Å². The summed E-state index contributed by atoms with van der Waals surface area (Å²) >= 11 is 0. The highest BCUT2D eigenvalue weighted by Crippen LogP contribution is 2.40. The fourth-order valence-electron chi connectivity index (χ4n) is 2.71. The van der Waals surface area contributed by atoms with E-state index in [9.17, 15) is 5.11 Å². The van der Waals surface area contributed by atoms with Crippen LogP contribution < -0.4 is 0 Å². The Morgan fingerprint density at radius 2 is 2.05 bits per heavy atom. The van der Waals surface area contributed by atoms with Crippen LogP contribution in [-0.2, 0) is 11.8 Å². The molecule has 20 heavy (non-hydrogen) atoms. The summed E-state index contributed by atoms with van der Waals surface area (Å²) in [5.41, 5.74) is 2.72. The Labute approximate surface area is 126 Å². The second kappa shape index (κ2) is 7.77. The van der Waals surface area contributed by atoms with Crippen LogP contribution in [0.15, 0.2) is 35.7 Å². The van der Waals surface area contributed by atoms with Gasteiger partial charge in [0.05, 0.1) is 6.61 Å². The van der Waals surface area contributed by atoms with Crippen molar-refractivity contribution >= 4 is 16.4 Å². The van der Waals surface area contributed by atoms with E-state index in [1.165, 1.54) is 11.1 Å². The van der Waals surface area contributed by atoms with E-state index < -0.39 is 0 Å². The quantitative estimate of drug-likeness (QED) is 0.863. The average Bonchev–Trinajstić information content (AvgIpc) is 2.36. The lowest BCUT2D eigenvalue weighted by atomic mass is 9.64. The lowest BCUT2D eigenvalue weighted by Crippen LogP contribution is -2.49. The molecule has 0 fully saturated rings. The lowest BCUT2D eigenvalue weighted by Gasteiger charge is -2.44. The van der Waals surface area contributed by atoms with E-state index in [-0.39, 0.29) is 22.5 Å². The van der Waals surface area contributed by atoms with E-state index >= 15 is 0 Å². The third-order valence-electron chi connectivity index (χ3n) is 3.41. The third-order valence-corrected chi connectivity index (χ3v) is 4.14. The standard InChI is InChI=1S/C12H17NO.C5H10S/c1-13(2)8-12(9-14)7-10-5-3-4-6-11(10)12;1-4-5-6(2)3/h3-6,14H,7-9H2,1-2H3;4-5H,2H2,1,3H3/b;5-4-. The smallest absolute Gasteiger partial charge is 0.0543 e. The van der Waals surface area contributed by atoms with Gasteiger partial charge >= 0.3 is 0 Å². The summed E-state index contributed by atoms with van der Waals surface area (Å²) in [6.07, 6.45) is 5.12. The first-order chi connectivity index (χ1) is 9.45. The predicted octanol–water partition coefficient (Wildman–Crippen LogP) is 2.89. The van der Waals surface area contributed by atoms with Gasteiger partial charge in [0.25, 0.3) is 0 Å². The van der Waals surface area contributed by atoms with Crippen molar-refractivity contribution in [1.82, 2.24) is 4.90 Å². The Morgan fingerprint density at radius 3 is 2.45 bits per heavy atom. The first-order valence-corrected chi connectivity index (χ1v) is 8.73. The molecule has 0 bridgehead atoms. The van der Waals surface area contributed by atoms with Crippen LogP contribution in [0.5, 0.6) is 0 Å². The Morgan fingerprint density at radius 1 is 1.40 bits per heavy atom. The van der Waals surface area contributed by atoms with E-state index in [4.69, 9.17) is 0 Å². The summed E-state index contributed by atoms with van der Waals surface area (Å²) in [4.78, 5) is 2.14. The second-order valence-electron chi connectivity index (χ2n) is 5.67. The summed E-state index contributed by atoms with van der Waals surface area (Å²) in [6.45, 7) is 3.19. The van der Waals surface area contributed by atoms with E-state index in [0.29, 0.717) is 0 Å². The molecule has 2 nitrogen and oxygen atoms in total. The van der Waals surface area contributed by atoms with Crippen molar-refractivity contribution in [2.24, 2.45) is 0 Å². The van der Waals surface area contributed by atoms with Crippen LogP contribution in [0.1, 0.15) is 18.1 Å². The van der Waals surface area contributed by atoms with Crippen molar-refractivity contribution < 1.29 is 5.11 Å². The highest BCUT2D eigenvalue weighted by Gasteiger charge is 2.41. The molecule has 0 aromatic heterocycles. The van der Waals surface area contributed by atoms with Gasteiger partial charge in [0.1, 0.15) is 0 Å². The number of aliphatic hydroxyl groups is 1. The van der Waals surface area contributed by atoms with E-state index in [0.717, 1.165) is 13.0 Å². The van der Waals surface area contributed by atoms with Crippen LogP contribution in [0.4, 0.5) is 0 Å². The molecule has 1 aromatic rings. The van der Waals surface area contributed by atoms with Gasteiger partial charge in [0, 0.05) is 12.0 Å². The molecule has 1 aliphatic rings. The number of hydrogen-bond acceptors (Lipinski definition) is 2. The SMILES string of the molecule is C=S(C)/C=C\C.CN(C)CC1(CO)Cc2ccccc21. The van der Waals surface area contributed by atoms with Crippen LogP contribution in [0, 0.1) is 0 Å². The Bertz CT molecular complexity index is 482. The molecule has 1 N–H and O–H groups in total. The summed E-state index contributed by atoms with van der Waals surface area (Å²) < 4.78 is 0. The largest absolute Gasteiger partial charge is 0.395 e. The summed E-state index contributed by atoms with van der Waals surface area (Å²) in [5.74, 6) is 3.77. The Balaban J connectivity index is 0.000000286. The van der Waals surface area contributed by atoms with Gasteiger partial charge in [-0.25, -0.2) is 0 Å². The number of hydrogen-bond donors (Lipinski definition) is 1. The highest BCUT2D eigenvalue weighted by atomic mass is 32.2. The zero-order chi connectivity index (χ0) is 15.2. The molecule has 3 heteroatoms. The fourth-order valence-corrected chi connectivity index (χ4v) is 3.18. The molecule has 0 radical (unpaired) electrons. The molecule has 0 spiro atoms. The average molecular weight is 293 g/mol. The number of rotatable bonds is 4. The molecule has 0 aliphatic heterocycles. The van der Waals surface area contributed by atoms with Gasteiger partial charge in [-0.05, 0) is 50.2 Å². The maximum Gasteiger partial charge on any atom is 0.0543 e. The monoisotopic (exact) mass is 293 g/mol. The van der Waals surface area contributed by atoms with Crippen molar-refractivity contribution in [2.45, 2.75) is 18.8 Å². The van der Waals surface area contributed by atoms with E-state index in [1.54, 1.807) is 0 Å². The summed E-state index contributed by atoms with van der Waals surface area (Å²) in [5, 5.41) is 11.6. The maximum absolute atomic E-state index is 9.51. The molecule has 0 saturated carbocycles. The fraction of sp³-hybridized carbons (Fsp3) is 0.471. The van der Waals surface area contributed by atoms with Gasteiger partial charge in [-0.3, -0.25) is 0 Å². The molecule has 0 saturated heterocycles. The molecule has 2 rings (SSSR count). The zero-order valence-electron chi connectivity index (χ0n) is 13.1. The molecular weight excluding hydrogens is 266 g/mol. The zero-order valence-corrected chi connectivity index (χ0v) is 13.9. The number of nitrogens with zero attached hydrogens (tertiary/aromatic N) is 1. The number of aliphatic hydroxyl groups excluding tert-OH is 1. The highest BCUT2D eigenvalue weighted by molar-refractivity contribution is 8.16. The summed E-state index contributed by atoms with van der Waals surface area (Å²) in [6, 6.07) is 8.41. The summed E-state index contributed by atoms with van der Waals surface area (Å²) in [7, 11) is 4.36. The molecule has 2 unspecified atom stereocenters. The predicted molar refractivity (Wildman–Crippen MR) is 92.9 cm³/mol. The molecule has 2 atom stereocenters.